The molecular formula is C19H24O2. The van der Waals surface area contributed by atoms with Crippen molar-refractivity contribution in [3.8, 4) is 5.75 Å². The molecule has 0 aliphatic rings. The van der Waals surface area contributed by atoms with Crippen molar-refractivity contribution in [2.75, 3.05) is 0 Å². The quantitative estimate of drug-likeness (QED) is 0.883. The molecule has 0 saturated heterocycles. The second-order valence-corrected chi connectivity index (χ2v) is 5.95. The first-order chi connectivity index (χ1) is 9.94. The third-order valence-corrected chi connectivity index (χ3v) is 3.35. The predicted octanol–water partition coefficient (Wildman–Crippen LogP) is 4.37. The zero-order chi connectivity index (χ0) is 15.4. The Bertz CT molecular complexity index is 565. The molecule has 1 atom stereocenters. The second kappa shape index (κ2) is 6.77. The van der Waals surface area contributed by atoms with Gasteiger partial charge in [-0.3, -0.25) is 0 Å². The third-order valence-electron chi connectivity index (χ3n) is 3.35. The lowest BCUT2D eigenvalue weighted by Crippen LogP contribution is -2.06. The highest BCUT2D eigenvalue weighted by Gasteiger charge is 2.10. The van der Waals surface area contributed by atoms with Crippen LogP contribution in [0.4, 0.5) is 0 Å². The lowest BCUT2D eigenvalue weighted by molar-refractivity contribution is 0.178. The Balaban J connectivity index is 2.07. The van der Waals surface area contributed by atoms with Crippen LogP contribution in [-0.2, 0) is 6.42 Å². The zero-order valence-electron chi connectivity index (χ0n) is 13.3. The van der Waals surface area contributed by atoms with Crippen molar-refractivity contribution in [2.45, 2.75) is 46.3 Å². The van der Waals surface area contributed by atoms with E-state index < -0.39 is 6.10 Å². The van der Waals surface area contributed by atoms with Crippen LogP contribution in [0.3, 0.4) is 0 Å². The van der Waals surface area contributed by atoms with E-state index in [4.69, 9.17) is 4.74 Å². The Morgan fingerprint density at radius 3 is 2.05 bits per heavy atom. The van der Waals surface area contributed by atoms with Crippen LogP contribution in [0, 0.1) is 13.8 Å². The number of hydrogen-bond donors (Lipinski definition) is 1. The Kier molecular flexibility index (Phi) is 5.03. The van der Waals surface area contributed by atoms with E-state index in [-0.39, 0.29) is 6.10 Å². The summed E-state index contributed by atoms with van der Waals surface area (Å²) in [6.45, 7) is 8.17. The average molecular weight is 284 g/mol. The second-order valence-electron chi connectivity index (χ2n) is 5.95. The summed E-state index contributed by atoms with van der Waals surface area (Å²) in [5, 5.41) is 10.4. The highest BCUT2D eigenvalue weighted by atomic mass is 16.5. The minimum absolute atomic E-state index is 0.163. The van der Waals surface area contributed by atoms with Gasteiger partial charge in [-0.1, -0.05) is 41.5 Å². The van der Waals surface area contributed by atoms with Crippen LogP contribution in [0.1, 0.15) is 42.2 Å². The number of aliphatic hydroxyl groups is 1. The summed E-state index contributed by atoms with van der Waals surface area (Å²) < 4.78 is 5.62. The van der Waals surface area contributed by atoms with Crippen molar-refractivity contribution in [1.29, 1.82) is 0 Å². The fourth-order valence-electron chi connectivity index (χ4n) is 2.57. The van der Waals surface area contributed by atoms with Crippen molar-refractivity contribution in [3.63, 3.8) is 0 Å². The van der Waals surface area contributed by atoms with Crippen LogP contribution in [0.5, 0.6) is 5.75 Å². The Labute approximate surface area is 127 Å². The van der Waals surface area contributed by atoms with Gasteiger partial charge in [-0.25, -0.2) is 0 Å². The molecule has 2 rings (SSSR count). The van der Waals surface area contributed by atoms with Crippen LogP contribution in [-0.4, -0.2) is 11.2 Å². The van der Waals surface area contributed by atoms with Gasteiger partial charge in [0, 0.05) is 6.42 Å². The smallest absolute Gasteiger partial charge is 0.119 e. The summed E-state index contributed by atoms with van der Waals surface area (Å²) in [5.74, 6) is 0.840. The van der Waals surface area contributed by atoms with Crippen molar-refractivity contribution in [3.05, 3.63) is 64.7 Å². The molecule has 1 N–H and O–H groups in total. The molecule has 2 nitrogen and oxygen atoms in total. The molecule has 2 aromatic rings. The van der Waals surface area contributed by atoms with Gasteiger partial charge in [0.25, 0.3) is 0 Å². The van der Waals surface area contributed by atoms with Gasteiger partial charge in [-0.15, -0.1) is 0 Å². The molecule has 0 aromatic heterocycles. The highest BCUT2D eigenvalue weighted by Crippen LogP contribution is 2.22. The van der Waals surface area contributed by atoms with E-state index in [1.165, 1.54) is 16.7 Å². The molecule has 0 fully saturated rings. The van der Waals surface area contributed by atoms with E-state index in [1.807, 2.05) is 38.1 Å². The van der Waals surface area contributed by atoms with Crippen LogP contribution < -0.4 is 4.74 Å². The van der Waals surface area contributed by atoms with Crippen molar-refractivity contribution < 1.29 is 9.84 Å². The molecule has 0 heterocycles. The van der Waals surface area contributed by atoms with E-state index in [1.54, 1.807) is 0 Å². The van der Waals surface area contributed by atoms with Gasteiger partial charge in [-0.05, 0) is 51.0 Å². The van der Waals surface area contributed by atoms with Gasteiger partial charge in [0.15, 0.2) is 0 Å². The molecule has 0 spiro atoms. The van der Waals surface area contributed by atoms with E-state index in [2.05, 4.69) is 32.0 Å². The Morgan fingerprint density at radius 2 is 1.52 bits per heavy atom. The highest BCUT2D eigenvalue weighted by molar-refractivity contribution is 5.32. The number of aryl methyl sites for hydroxylation is 2. The fraction of sp³-hybridized carbons (Fsp3) is 0.368. The SMILES string of the molecule is Cc1cc(C)cc(CC(O)c2ccc(OC(C)C)cc2)c1. The zero-order valence-corrected chi connectivity index (χ0v) is 13.3. The minimum Gasteiger partial charge on any atom is -0.491 e. The van der Waals surface area contributed by atoms with E-state index in [0.29, 0.717) is 6.42 Å². The summed E-state index contributed by atoms with van der Waals surface area (Å²) in [5.41, 5.74) is 4.56. The molecule has 112 valence electrons. The molecule has 0 bridgehead atoms. The first-order valence-corrected chi connectivity index (χ1v) is 7.46. The number of ether oxygens (including phenoxy) is 1. The minimum atomic E-state index is -0.487. The van der Waals surface area contributed by atoms with Crippen LogP contribution in [0.25, 0.3) is 0 Å². The third kappa shape index (κ3) is 4.61. The molecule has 1 unspecified atom stereocenters. The molecular weight excluding hydrogens is 260 g/mol. The molecule has 2 heteroatoms. The lowest BCUT2D eigenvalue weighted by Gasteiger charge is -2.14. The first-order valence-electron chi connectivity index (χ1n) is 7.46. The molecule has 0 radical (unpaired) electrons. The van der Waals surface area contributed by atoms with Gasteiger partial charge >= 0.3 is 0 Å². The van der Waals surface area contributed by atoms with Gasteiger partial charge in [-0.2, -0.15) is 0 Å². The number of aliphatic hydroxyl groups excluding tert-OH is 1. The standard InChI is InChI=1S/C19H24O2/c1-13(2)21-18-7-5-17(6-8-18)19(20)12-16-10-14(3)9-15(4)11-16/h5-11,13,19-20H,12H2,1-4H3. The maximum absolute atomic E-state index is 10.4. The Hall–Kier alpha value is -1.80. The predicted molar refractivity (Wildman–Crippen MR) is 86.8 cm³/mol. The summed E-state index contributed by atoms with van der Waals surface area (Å²) >= 11 is 0. The molecule has 0 aliphatic heterocycles. The molecule has 0 aliphatic carbocycles. The molecule has 21 heavy (non-hydrogen) atoms. The van der Waals surface area contributed by atoms with Crippen molar-refractivity contribution >= 4 is 0 Å². The van der Waals surface area contributed by atoms with Gasteiger partial charge in [0.2, 0.25) is 0 Å². The summed E-state index contributed by atoms with van der Waals surface area (Å²) in [6, 6.07) is 14.1. The monoisotopic (exact) mass is 284 g/mol. The van der Waals surface area contributed by atoms with Crippen LogP contribution in [0.2, 0.25) is 0 Å². The van der Waals surface area contributed by atoms with E-state index >= 15 is 0 Å². The normalized spacial score (nSPS) is 12.5. The lowest BCUT2D eigenvalue weighted by atomic mass is 9.98. The van der Waals surface area contributed by atoms with Gasteiger partial charge in [0.05, 0.1) is 12.2 Å². The van der Waals surface area contributed by atoms with Crippen LogP contribution >= 0.6 is 0 Å². The number of benzene rings is 2. The summed E-state index contributed by atoms with van der Waals surface area (Å²) in [4.78, 5) is 0. The topological polar surface area (TPSA) is 29.5 Å². The maximum atomic E-state index is 10.4. The largest absolute Gasteiger partial charge is 0.491 e. The maximum Gasteiger partial charge on any atom is 0.119 e. The van der Waals surface area contributed by atoms with Crippen molar-refractivity contribution in [1.82, 2.24) is 0 Å². The number of hydrogen-bond acceptors (Lipinski definition) is 2. The molecule has 0 amide bonds. The van der Waals surface area contributed by atoms with Crippen LogP contribution in [0.15, 0.2) is 42.5 Å². The molecule has 2 aromatic carbocycles. The van der Waals surface area contributed by atoms with Gasteiger partial charge < -0.3 is 9.84 Å². The molecule has 0 saturated carbocycles. The Morgan fingerprint density at radius 1 is 0.952 bits per heavy atom. The van der Waals surface area contributed by atoms with E-state index in [9.17, 15) is 5.11 Å². The first kappa shape index (κ1) is 15.6. The van der Waals surface area contributed by atoms with Crippen molar-refractivity contribution in [2.24, 2.45) is 0 Å². The fourth-order valence-corrected chi connectivity index (χ4v) is 2.57. The van der Waals surface area contributed by atoms with Gasteiger partial charge in [0.1, 0.15) is 5.75 Å². The van der Waals surface area contributed by atoms with E-state index in [0.717, 1.165) is 11.3 Å². The number of rotatable bonds is 5. The summed E-state index contributed by atoms with van der Waals surface area (Å²) in [6.07, 6.45) is 0.308. The average Bonchev–Trinajstić information content (AvgIpc) is 2.37. The summed E-state index contributed by atoms with van der Waals surface area (Å²) in [7, 11) is 0.